The van der Waals surface area contributed by atoms with E-state index in [0.717, 1.165) is 31.4 Å². The van der Waals surface area contributed by atoms with Crippen LogP contribution in [-0.4, -0.2) is 49.5 Å². The van der Waals surface area contributed by atoms with Gasteiger partial charge in [0.1, 0.15) is 5.75 Å². The number of hydrogen-bond acceptors (Lipinski definition) is 4. The van der Waals surface area contributed by atoms with Crippen LogP contribution in [0.1, 0.15) is 42.6 Å². The molecule has 0 radical (unpaired) electrons. The number of likely N-dealkylation sites (N-methyl/N-ethyl adjacent to an activating group) is 1. The van der Waals surface area contributed by atoms with Crippen LogP contribution in [0.15, 0.2) is 48.5 Å². The lowest BCUT2D eigenvalue weighted by atomic mass is 9.89. The normalized spacial score (nSPS) is 18.5. The molecule has 28 heavy (non-hydrogen) atoms. The Hall–Kier alpha value is -1.88. The number of aryl methyl sites for hydroxylation is 1. The number of ether oxygens (including phenoxy) is 2. The zero-order valence-corrected chi connectivity index (χ0v) is 17.3. The van der Waals surface area contributed by atoms with Crippen molar-refractivity contribution >= 4 is 0 Å². The van der Waals surface area contributed by atoms with Crippen molar-refractivity contribution in [3.8, 4) is 5.75 Å². The summed E-state index contributed by atoms with van der Waals surface area (Å²) in [5, 5.41) is 10.5. The van der Waals surface area contributed by atoms with Crippen molar-refractivity contribution in [2.75, 3.05) is 27.3 Å². The van der Waals surface area contributed by atoms with Crippen LogP contribution in [0.5, 0.6) is 5.75 Å². The van der Waals surface area contributed by atoms with E-state index in [1.165, 1.54) is 16.7 Å². The zero-order chi connectivity index (χ0) is 19.9. The highest BCUT2D eigenvalue weighted by Crippen LogP contribution is 2.32. The number of aliphatic hydroxyl groups is 1. The summed E-state index contributed by atoms with van der Waals surface area (Å²) in [6.07, 6.45) is 3.87. The predicted molar refractivity (Wildman–Crippen MR) is 113 cm³/mol. The van der Waals surface area contributed by atoms with E-state index < -0.39 is 6.10 Å². The number of benzene rings is 2. The maximum Gasteiger partial charge on any atom is 0.118 e. The molecule has 0 saturated carbocycles. The van der Waals surface area contributed by atoms with Gasteiger partial charge in [-0.1, -0.05) is 36.4 Å². The Morgan fingerprint density at radius 2 is 1.89 bits per heavy atom. The number of hydrogen-bond donors (Lipinski definition) is 1. The first kappa shape index (κ1) is 20.8. The molecule has 1 N–H and O–H groups in total. The smallest absolute Gasteiger partial charge is 0.118 e. The third-order valence-electron chi connectivity index (χ3n) is 5.75. The fourth-order valence-electron chi connectivity index (χ4n) is 3.93. The van der Waals surface area contributed by atoms with Crippen molar-refractivity contribution in [1.29, 1.82) is 0 Å². The molecule has 0 amide bonds. The van der Waals surface area contributed by atoms with Crippen LogP contribution >= 0.6 is 0 Å². The van der Waals surface area contributed by atoms with Crippen LogP contribution in [0, 0.1) is 0 Å². The molecule has 4 heteroatoms. The summed E-state index contributed by atoms with van der Waals surface area (Å²) >= 11 is 0. The molecule has 1 aliphatic carbocycles. The molecular weight excluding hydrogens is 350 g/mol. The van der Waals surface area contributed by atoms with Crippen LogP contribution in [0.4, 0.5) is 0 Å². The van der Waals surface area contributed by atoms with Crippen molar-refractivity contribution in [1.82, 2.24) is 4.90 Å². The van der Waals surface area contributed by atoms with Crippen LogP contribution < -0.4 is 4.74 Å². The van der Waals surface area contributed by atoms with Gasteiger partial charge in [-0.05, 0) is 68.5 Å². The first-order chi connectivity index (χ1) is 13.6. The van der Waals surface area contributed by atoms with Crippen molar-refractivity contribution in [3.05, 3.63) is 65.2 Å². The van der Waals surface area contributed by atoms with E-state index in [4.69, 9.17) is 9.47 Å². The van der Waals surface area contributed by atoms with Crippen LogP contribution in [0.2, 0.25) is 0 Å². The first-order valence-electron chi connectivity index (χ1n) is 10.3. The number of nitrogens with zero attached hydrogens (tertiary/aromatic N) is 1. The van der Waals surface area contributed by atoms with Gasteiger partial charge < -0.3 is 19.5 Å². The second-order valence-electron chi connectivity index (χ2n) is 7.91. The summed E-state index contributed by atoms with van der Waals surface area (Å²) in [7, 11) is 3.74. The lowest BCUT2D eigenvalue weighted by Crippen LogP contribution is -2.39. The van der Waals surface area contributed by atoms with Gasteiger partial charge in [0.2, 0.25) is 0 Å². The van der Waals surface area contributed by atoms with E-state index in [1.54, 1.807) is 7.11 Å². The Kier molecular flexibility index (Phi) is 7.49. The molecule has 3 atom stereocenters. The lowest BCUT2D eigenvalue weighted by molar-refractivity contribution is -0.0287. The highest BCUT2D eigenvalue weighted by atomic mass is 16.5. The third kappa shape index (κ3) is 5.57. The Morgan fingerprint density at radius 3 is 2.64 bits per heavy atom. The quantitative estimate of drug-likeness (QED) is 0.710. The van der Waals surface area contributed by atoms with Crippen molar-refractivity contribution in [2.45, 2.75) is 50.9 Å². The zero-order valence-electron chi connectivity index (χ0n) is 17.3. The minimum atomic E-state index is -0.489. The largest absolute Gasteiger partial charge is 0.497 e. The van der Waals surface area contributed by atoms with Gasteiger partial charge in [-0.2, -0.15) is 0 Å². The minimum absolute atomic E-state index is 0.113. The molecule has 3 unspecified atom stereocenters. The van der Waals surface area contributed by atoms with Gasteiger partial charge in [0, 0.05) is 12.6 Å². The molecule has 0 aromatic heterocycles. The van der Waals surface area contributed by atoms with E-state index >= 15 is 0 Å². The molecule has 0 saturated heterocycles. The Morgan fingerprint density at radius 1 is 1.14 bits per heavy atom. The first-order valence-corrected chi connectivity index (χ1v) is 10.3. The molecule has 2 aromatic rings. The van der Waals surface area contributed by atoms with Gasteiger partial charge >= 0.3 is 0 Å². The van der Waals surface area contributed by atoms with Gasteiger partial charge in [0.25, 0.3) is 0 Å². The van der Waals surface area contributed by atoms with Gasteiger partial charge in [-0.15, -0.1) is 0 Å². The Bertz CT molecular complexity index is 731. The van der Waals surface area contributed by atoms with E-state index in [1.807, 2.05) is 12.1 Å². The topological polar surface area (TPSA) is 41.9 Å². The van der Waals surface area contributed by atoms with Crippen LogP contribution in [0.25, 0.3) is 0 Å². The maximum absolute atomic E-state index is 10.5. The molecule has 2 aromatic carbocycles. The number of fused-ring (bicyclic) bond motifs is 1. The second-order valence-corrected chi connectivity index (χ2v) is 7.91. The summed E-state index contributed by atoms with van der Waals surface area (Å²) in [6.45, 7) is 3.17. The number of methoxy groups -OCH3 is 1. The van der Waals surface area contributed by atoms with Crippen LogP contribution in [-0.2, 0) is 17.6 Å². The van der Waals surface area contributed by atoms with E-state index in [2.05, 4.69) is 55.3 Å². The average Bonchev–Trinajstić information content (AvgIpc) is 2.72. The minimum Gasteiger partial charge on any atom is -0.497 e. The summed E-state index contributed by atoms with van der Waals surface area (Å²) in [5.41, 5.74) is 3.95. The summed E-state index contributed by atoms with van der Waals surface area (Å²) < 4.78 is 11.3. The fourth-order valence-corrected chi connectivity index (χ4v) is 3.93. The standard InChI is InChI=1S/C24H33NO3/c1-18(15-19-11-13-22(27-3)14-12-19)25(2)16-21(26)17-28-24-10-6-8-20-7-4-5-9-23(20)24/h4-5,7,9,11-14,18,21,24,26H,6,8,10,15-17H2,1-3H3. The molecule has 0 heterocycles. The summed E-state index contributed by atoms with van der Waals surface area (Å²) in [4.78, 5) is 2.20. The van der Waals surface area contributed by atoms with E-state index in [9.17, 15) is 5.11 Å². The lowest BCUT2D eigenvalue weighted by Gasteiger charge is -2.29. The van der Waals surface area contributed by atoms with Gasteiger partial charge in [-0.25, -0.2) is 0 Å². The number of aliphatic hydroxyl groups excluding tert-OH is 1. The molecule has 1 aliphatic rings. The average molecular weight is 384 g/mol. The highest BCUT2D eigenvalue weighted by molar-refractivity contribution is 5.31. The van der Waals surface area contributed by atoms with Crippen LogP contribution in [0.3, 0.4) is 0 Å². The van der Waals surface area contributed by atoms with Gasteiger partial charge in [0.15, 0.2) is 0 Å². The molecule has 0 aliphatic heterocycles. The third-order valence-corrected chi connectivity index (χ3v) is 5.75. The van der Waals surface area contributed by atoms with Crippen molar-refractivity contribution in [3.63, 3.8) is 0 Å². The Labute approximate surface area is 169 Å². The van der Waals surface area contributed by atoms with E-state index in [-0.39, 0.29) is 6.10 Å². The second kappa shape index (κ2) is 10.1. The Balaban J connectivity index is 1.45. The highest BCUT2D eigenvalue weighted by Gasteiger charge is 2.22. The van der Waals surface area contributed by atoms with Crippen molar-refractivity contribution < 1.29 is 14.6 Å². The molecular formula is C24H33NO3. The molecule has 152 valence electrons. The SMILES string of the molecule is COc1ccc(CC(C)N(C)CC(O)COC2CCCc3ccccc32)cc1. The van der Waals surface area contributed by atoms with E-state index in [0.29, 0.717) is 19.2 Å². The number of rotatable bonds is 9. The molecule has 0 fully saturated rings. The van der Waals surface area contributed by atoms with Gasteiger partial charge in [0.05, 0.1) is 25.9 Å². The maximum atomic E-state index is 10.5. The summed E-state index contributed by atoms with van der Waals surface area (Å²) in [6, 6.07) is 17.0. The van der Waals surface area contributed by atoms with Crippen molar-refractivity contribution in [2.24, 2.45) is 0 Å². The van der Waals surface area contributed by atoms with Gasteiger partial charge in [-0.3, -0.25) is 0 Å². The molecule has 4 nitrogen and oxygen atoms in total. The molecule has 0 bridgehead atoms. The predicted octanol–water partition coefficient (Wildman–Crippen LogP) is 4.01. The molecule has 3 rings (SSSR count). The molecule has 0 spiro atoms. The summed E-state index contributed by atoms with van der Waals surface area (Å²) in [5.74, 6) is 0.876. The fraction of sp³-hybridized carbons (Fsp3) is 0.500. The monoisotopic (exact) mass is 383 g/mol.